The van der Waals surface area contributed by atoms with Gasteiger partial charge < -0.3 is 9.47 Å². The summed E-state index contributed by atoms with van der Waals surface area (Å²) in [5, 5.41) is 0. The number of rotatable bonds is 3. The maximum atomic E-state index is 6.15. The van der Waals surface area contributed by atoms with Gasteiger partial charge in [0, 0.05) is 12.3 Å². The largest absolute Gasteiger partial charge is 0.350 e. The Labute approximate surface area is 103 Å². The number of hydrogen-bond donors (Lipinski definition) is 0. The average molecular weight is 232 g/mol. The fourth-order valence-electron chi connectivity index (χ4n) is 3.29. The zero-order valence-corrected chi connectivity index (χ0v) is 10.4. The first kappa shape index (κ1) is 11.2. The van der Waals surface area contributed by atoms with Crippen LogP contribution in [0.5, 0.6) is 0 Å². The summed E-state index contributed by atoms with van der Waals surface area (Å²) in [5.74, 6) is 1.08. The van der Waals surface area contributed by atoms with Crippen molar-refractivity contribution in [3.8, 4) is 0 Å². The molecule has 0 bridgehead atoms. The lowest BCUT2D eigenvalue weighted by atomic mass is 9.93. The lowest BCUT2D eigenvalue weighted by Gasteiger charge is -2.29. The highest BCUT2D eigenvalue weighted by atomic mass is 16.7. The summed E-state index contributed by atoms with van der Waals surface area (Å²) >= 11 is 0. The third-order valence-corrected chi connectivity index (χ3v) is 4.30. The third-order valence-electron chi connectivity index (χ3n) is 4.30. The van der Waals surface area contributed by atoms with Crippen molar-refractivity contribution in [2.45, 2.75) is 38.6 Å². The van der Waals surface area contributed by atoms with Gasteiger partial charge >= 0.3 is 0 Å². The molecule has 1 heterocycles. The van der Waals surface area contributed by atoms with Gasteiger partial charge in [-0.1, -0.05) is 37.3 Å². The summed E-state index contributed by atoms with van der Waals surface area (Å²) in [7, 11) is 0. The van der Waals surface area contributed by atoms with Crippen LogP contribution in [-0.2, 0) is 16.1 Å². The average Bonchev–Trinajstić information content (AvgIpc) is 2.90. The van der Waals surface area contributed by atoms with Crippen LogP contribution in [0.3, 0.4) is 0 Å². The molecule has 1 aliphatic carbocycles. The predicted octanol–water partition coefficient (Wildman–Crippen LogP) is 3.37. The normalized spacial score (nSPS) is 36.1. The molecule has 1 aromatic carbocycles. The second-order valence-electron chi connectivity index (χ2n) is 5.35. The van der Waals surface area contributed by atoms with E-state index in [4.69, 9.17) is 9.47 Å². The Kier molecular flexibility index (Phi) is 2.93. The molecular formula is C15H20O2. The van der Waals surface area contributed by atoms with Crippen LogP contribution in [0.1, 0.15) is 31.7 Å². The monoisotopic (exact) mass is 232 g/mol. The Morgan fingerprint density at radius 1 is 1.29 bits per heavy atom. The summed E-state index contributed by atoms with van der Waals surface area (Å²) in [4.78, 5) is 0. The van der Waals surface area contributed by atoms with Gasteiger partial charge in [-0.25, -0.2) is 0 Å². The van der Waals surface area contributed by atoms with Gasteiger partial charge in [-0.3, -0.25) is 0 Å². The van der Waals surface area contributed by atoms with E-state index < -0.39 is 0 Å². The Hall–Kier alpha value is -0.860. The molecule has 3 atom stereocenters. The van der Waals surface area contributed by atoms with Gasteiger partial charge in [-0.05, 0) is 24.3 Å². The van der Waals surface area contributed by atoms with Crippen molar-refractivity contribution in [3.05, 3.63) is 35.9 Å². The lowest BCUT2D eigenvalue weighted by molar-refractivity contribution is -0.230. The van der Waals surface area contributed by atoms with E-state index in [9.17, 15) is 0 Å². The molecule has 17 heavy (non-hydrogen) atoms. The first-order valence-electron chi connectivity index (χ1n) is 6.62. The van der Waals surface area contributed by atoms with Crippen LogP contribution in [0, 0.1) is 11.8 Å². The van der Waals surface area contributed by atoms with Gasteiger partial charge in [0.1, 0.15) is 0 Å². The zero-order valence-electron chi connectivity index (χ0n) is 10.4. The SMILES string of the molecule is C[C@@H]1CC[C@@]2(OCc3ccccc3)OCC[C@@H]12. The summed E-state index contributed by atoms with van der Waals surface area (Å²) in [6.45, 7) is 3.86. The van der Waals surface area contributed by atoms with Gasteiger partial charge in [-0.2, -0.15) is 0 Å². The van der Waals surface area contributed by atoms with E-state index in [1.54, 1.807) is 0 Å². The van der Waals surface area contributed by atoms with Crippen LogP contribution in [0.25, 0.3) is 0 Å². The van der Waals surface area contributed by atoms with E-state index in [0.717, 1.165) is 25.4 Å². The molecule has 0 spiro atoms. The Morgan fingerprint density at radius 3 is 2.94 bits per heavy atom. The molecule has 2 nitrogen and oxygen atoms in total. The minimum atomic E-state index is -0.269. The number of hydrogen-bond acceptors (Lipinski definition) is 2. The summed E-state index contributed by atoms with van der Waals surface area (Å²) in [6.07, 6.45) is 3.46. The Bertz CT molecular complexity index is 376. The molecule has 0 radical (unpaired) electrons. The molecule has 0 amide bonds. The maximum absolute atomic E-state index is 6.15. The van der Waals surface area contributed by atoms with Crippen LogP contribution in [0.15, 0.2) is 30.3 Å². The fourth-order valence-corrected chi connectivity index (χ4v) is 3.29. The van der Waals surface area contributed by atoms with Crippen molar-refractivity contribution in [2.24, 2.45) is 11.8 Å². The van der Waals surface area contributed by atoms with E-state index >= 15 is 0 Å². The summed E-state index contributed by atoms with van der Waals surface area (Å²) in [6, 6.07) is 10.4. The van der Waals surface area contributed by atoms with Crippen molar-refractivity contribution in [1.29, 1.82) is 0 Å². The van der Waals surface area contributed by atoms with E-state index in [1.165, 1.54) is 12.0 Å². The molecule has 1 saturated carbocycles. The van der Waals surface area contributed by atoms with Crippen LogP contribution in [0.4, 0.5) is 0 Å². The molecular weight excluding hydrogens is 212 g/mol. The third kappa shape index (κ3) is 2.00. The molecule has 1 aromatic rings. The molecule has 2 fully saturated rings. The minimum Gasteiger partial charge on any atom is -0.350 e. The smallest absolute Gasteiger partial charge is 0.171 e. The number of benzene rings is 1. The van der Waals surface area contributed by atoms with E-state index in [2.05, 4.69) is 31.2 Å². The highest BCUT2D eigenvalue weighted by Crippen LogP contribution is 2.49. The van der Waals surface area contributed by atoms with Gasteiger partial charge in [0.2, 0.25) is 0 Å². The zero-order chi connectivity index (χ0) is 11.7. The Morgan fingerprint density at radius 2 is 2.12 bits per heavy atom. The second-order valence-corrected chi connectivity index (χ2v) is 5.35. The molecule has 2 aliphatic rings. The summed E-state index contributed by atoms with van der Waals surface area (Å²) < 4.78 is 12.1. The first-order valence-corrected chi connectivity index (χ1v) is 6.62. The van der Waals surface area contributed by atoms with E-state index in [0.29, 0.717) is 12.5 Å². The molecule has 92 valence electrons. The van der Waals surface area contributed by atoms with Crippen molar-refractivity contribution < 1.29 is 9.47 Å². The predicted molar refractivity (Wildman–Crippen MR) is 66.4 cm³/mol. The Balaban J connectivity index is 1.68. The minimum absolute atomic E-state index is 0.269. The molecule has 1 aliphatic heterocycles. The topological polar surface area (TPSA) is 18.5 Å². The molecule has 0 N–H and O–H groups in total. The maximum Gasteiger partial charge on any atom is 0.171 e. The lowest BCUT2D eigenvalue weighted by Crippen LogP contribution is -2.35. The van der Waals surface area contributed by atoms with Crippen molar-refractivity contribution >= 4 is 0 Å². The highest BCUT2D eigenvalue weighted by molar-refractivity contribution is 5.13. The van der Waals surface area contributed by atoms with Crippen molar-refractivity contribution in [3.63, 3.8) is 0 Å². The molecule has 0 aromatic heterocycles. The molecule has 3 rings (SSSR count). The number of fused-ring (bicyclic) bond motifs is 1. The molecule has 2 heteroatoms. The van der Waals surface area contributed by atoms with Crippen molar-refractivity contribution in [2.75, 3.05) is 6.61 Å². The molecule has 0 unspecified atom stereocenters. The van der Waals surface area contributed by atoms with Gasteiger partial charge in [0.15, 0.2) is 5.79 Å². The van der Waals surface area contributed by atoms with Crippen molar-refractivity contribution in [1.82, 2.24) is 0 Å². The quantitative estimate of drug-likeness (QED) is 0.795. The highest BCUT2D eigenvalue weighted by Gasteiger charge is 2.52. The van der Waals surface area contributed by atoms with E-state index in [1.807, 2.05) is 6.07 Å². The van der Waals surface area contributed by atoms with Gasteiger partial charge in [0.05, 0.1) is 13.2 Å². The van der Waals surface area contributed by atoms with Crippen LogP contribution < -0.4 is 0 Å². The fraction of sp³-hybridized carbons (Fsp3) is 0.600. The van der Waals surface area contributed by atoms with Crippen LogP contribution in [-0.4, -0.2) is 12.4 Å². The first-order chi connectivity index (χ1) is 8.30. The van der Waals surface area contributed by atoms with E-state index in [-0.39, 0.29) is 5.79 Å². The van der Waals surface area contributed by atoms with Gasteiger partial charge in [0.25, 0.3) is 0 Å². The standard InChI is InChI=1S/C15H20O2/c1-12-7-9-15(14(12)8-10-16-15)17-11-13-5-3-2-4-6-13/h2-6,12,14H,7-11H2,1H3/t12-,14+,15+/m1/s1. The summed E-state index contributed by atoms with van der Waals surface area (Å²) in [5.41, 5.74) is 1.23. The number of ether oxygens (including phenoxy) is 2. The van der Waals surface area contributed by atoms with Crippen LogP contribution in [0.2, 0.25) is 0 Å². The van der Waals surface area contributed by atoms with Crippen LogP contribution >= 0.6 is 0 Å². The van der Waals surface area contributed by atoms with Gasteiger partial charge in [-0.15, -0.1) is 0 Å². The second kappa shape index (κ2) is 4.43. The molecule has 1 saturated heterocycles.